The van der Waals surface area contributed by atoms with Gasteiger partial charge in [-0.05, 0) is 96.8 Å². The molecule has 2 aromatic heterocycles. The molecule has 2 aromatic carbocycles. The van der Waals surface area contributed by atoms with Crippen LogP contribution in [0.15, 0.2) is 73.6 Å². The number of aromatic hydroxyl groups is 1. The Hall–Kier alpha value is -6.57. The van der Waals surface area contributed by atoms with Crippen LogP contribution in [0.4, 0.5) is 0 Å². The quantitative estimate of drug-likeness (QED) is 0.141. The molecule has 3 aliphatic rings. The van der Waals surface area contributed by atoms with Crippen molar-refractivity contribution >= 4 is 40.5 Å². The lowest BCUT2D eigenvalue weighted by Gasteiger charge is -2.40. The van der Waals surface area contributed by atoms with Crippen LogP contribution < -0.4 is 10.7 Å². The Labute approximate surface area is 378 Å². The lowest BCUT2D eigenvalue weighted by Crippen LogP contribution is -2.67. The number of nitrogens with one attached hydrogen (secondary N) is 2. The summed E-state index contributed by atoms with van der Waals surface area (Å²) in [5.74, 6) is -3.87. The molecule has 5 heterocycles. The van der Waals surface area contributed by atoms with Gasteiger partial charge in [0.2, 0.25) is 23.4 Å². The molecule has 0 saturated carbocycles. The highest BCUT2D eigenvalue weighted by Crippen LogP contribution is 2.42. The van der Waals surface area contributed by atoms with Gasteiger partial charge in [-0.15, -0.1) is 0 Å². The van der Waals surface area contributed by atoms with Crippen LogP contribution in [-0.2, 0) is 41.6 Å². The molecule has 2 saturated heterocycles. The van der Waals surface area contributed by atoms with Crippen LogP contribution in [0.5, 0.6) is 5.75 Å². The average Bonchev–Trinajstić information content (AvgIpc) is 3.90. The van der Waals surface area contributed by atoms with E-state index in [0.717, 1.165) is 38.3 Å². The van der Waals surface area contributed by atoms with E-state index in [1.54, 1.807) is 37.2 Å². The van der Waals surface area contributed by atoms with Gasteiger partial charge in [0.1, 0.15) is 23.9 Å². The number of benzene rings is 2. The highest BCUT2D eigenvalue weighted by molar-refractivity contribution is 5.96. The van der Waals surface area contributed by atoms with E-state index in [9.17, 15) is 39.4 Å². The van der Waals surface area contributed by atoms with Crippen molar-refractivity contribution in [3.05, 3.63) is 84.7 Å². The predicted octanol–water partition coefficient (Wildman–Crippen LogP) is 4.65. The average molecular weight is 887 g/mol. The van der Waals surface area contributed by atoms with Crippen molar-refractivity contribution in [2.45, 2.75) is 90.6 Å². The van der Waals surface area contributed by atoms with Gasteiger partial charge in [-0.1, -0.05) is 46.4 Å². The number of phenolic OH excluding ortho intramolecular Hbond substituents is 1. The van der Waals surface area contributed by atoms with Crippen molar-refractivity contribution in [3.63, 3.8) is 0 Å². The van der Waals surface area contributed by atoms with E-state index in [4.69, 9.17) is 4.74 Å². The summed E-state index contributed by atoms with van der Waals surface area (Å²) in [6, 6.07) is 14.0. The molecule has 4 aromatic rings. The van der Waals surface area contributed by atoms with Crippen LogP contribution in [0.3, 0.4) is 0 Å². The molecular formula is C49H58N8O8. The standard InChI is InChI=1S/C49H58N8O8/c1-8-41(59)55-18-14-34(27-55)45(61)54(7)42(29(2)3)44(60)52-39-21-31-19-35(22-36(58)20-31)32-12-13-40-37(23-32)38(43(57(40)30(4)25-50)33-11-9-16-51-26-33)24-48(5,6)28-65-47(63)49(64)15-10-17-56(53-49)46(39)62/h8-9,11-13,16,19-20,22-23,26,29-30,34,39,42,53,58,64H,1,10,14-15,17-18,21,24,27-28H2,2-7H3,(H,52,60)/t30-,34+,39+,42+,49+/m1/s1. The summed E-state index contributed by atoms with van der Waals surface area (Å²) < 4.78 is 7.87. The molecule has 2 fully saturated rings. The first kappa shape index (κ1) is 46.4. The van der Waals surface area contributed by atoms with E-state index < -0.39 is 58.9 Å². The first-order valence-corrected chi connectivity index (χ1v) is 22.1. The molecule has 4 amide bonds. The molecule has 0 radical (unpaired) electrons. The largest absolute Gasteiger partial charge is 0.508 e. The van der Waals surface area contributed by atoms with E-state index in [0.29, 0.717) is 30.5 Å². The minimum atomic E-state index is -2.29. The minimum Gasteiger partial charge on any atom is -0.508 e. The summed E-state index contributed by atoms with van der Waals surface area (Å²) >= 11 is 0. The number of carbonyl (C=O) groups is 5. The molecule has 3 aliphatic heterocycles. The summed E-state index contributed by atoms with van der Waals surface area (Å²) in [7, 11) is 1.54. The summed E-state index contributed by atoms with van der Waals surface area (Å²) in [5, 5.41) is 38.2. The predicted molar refractivity (Wildman–Crippen MR) is 242 cm³/mol. The summed E-state index contributed by atoms with van der Waals surface area (Å²) in [4.78, 5) is 76.6. The van der Waals surface area contributed by atoms with Crippen LogP contribution in [0.1, 0.15) is 71.0 Å². The topological polar surface area (TPSA) is 210 Å². The second kappa shape index (κ2) is 18.5. The maximum Gasteiger partial charge on any atom is 0.355 e. The highest BCUT2D eigenvalue weighted by Gasteiger charge is 2.46. The third kappa shape index (κ3) is 9.48. The molecule has 0 aliphatic carbocycles. The Morgan fingerprint density at radius 3 is 2.55 bits per heavy atom. The van der Waals surface area contributed by atoms with Crippen molar-refractivity contribution in [1.82, 2.24) is 35.1 Å². The molecule has 16 heteroatoms. The first-order valence-electron chi connectivity index (χ1n) is 22.1. The molecule has 16 nitrogen and oxygen atoms in total. The first-order chi connectivity index (χ1) is 30.8. The van der Waals surface area contributed by atoms with Crippen LogP contribution in [-0.4, -0.2) is 115 Å². The SMILES string of the molecule is C=CC(=O)N1CC[C@H](C(=O)N(C)[C@H](C(=O)N[C@H]2Cc3cc(O)cc(c3)-c3ccc4c(c3)c(c(-c3cccnc3)n4[C@H](C)C#N)CC(C)(C)COC(=O)[C@@]3(O)CCCN(N3)C2=O)C(C)C)C1. The van der Waals surface area contributed by atoms with E-state index in [-0.39, 0.29) is 56.5 Å². The number of hydrogen-bond donors (Lipinski definition) is 4. The number of hydrazine groups is 1. The molecule has 65 heavy (non-hydrogen) atoms. The number of likely N-dealkylation sites (N-methyl/N-ethyl adjacent to an activating group) is 1. The maximum absolute atomic E-state index is 14.7. The third-order valence-electron chi connectivity index (χ3n) is 12.8. The summed E-state index contributed by atoms with van der Waals surface area (Å²) in [6.07, 6.45) is 5.46. The lowest BCUT2D eigenvalue weighted by atomic mass is 9.84. The van der Waals surface area contributed by atoms with E-state index in [1.165, 1.54) is 24.1 Å². The number of nitrogens with zero attached hydrogens (tertiary/aromatic N) is 6. The number of rotatable bonds is 8. The molecule has 342 valence electrons. The molecule has 4 N–H and O–H groups in total. The third-order valence-corrected chi connectivity index (χ3v) is 12.8. The fraction of sp³-hybridized carbons (Fsp3) is 0.449. The van der Waals surface area contributed by atoms with Gasteiger partial charge in [0, 0.05) is 68.3 Å². The van der Waals surface area contributed by atoms with Gasteiger partial charge in [-0.3, -0.25) is 29.2 Å². The fourth-order valence-corrected chi connectivity index (χ4v) is 9.55. The number of esters is 1. The van der Waals surface area contributed by atoms with Crippen LogP contribution in [0.25, 0.3) is 33.3 Å². The zero-order valence-electron chi connectivity index (χ0n) is 37.8. The Bertz CT molecular complexity index is 2570. The number of aliphatic hydroxyl groups is 1. The normalized spacial score (nSPS) is 22.1. The van der Waals surface area contributed by atoms with Gasteiger partial charge in [0.25, 0.3) is 5.91 Å². The highest BCUT2D eigenvalue weighted by atomic mass is 16.6. The molecule has 7 rings (SSSR count). The molecular weight excluding hydrogens is 829 g/mol. The van der Waals surface area contributed by atoms with E-state index >= 15 is 0 Å². The van der Waals surface area contributed by atoms with Crippen LogP contribution in [0, 0.1) is 28.6 Å². The summed E-state index contributed by atoms with van der Waals surface area (Å²) in [6.45, 7) is 13.4. The van der Waals surface area contributed by atoms with Gasteiger partial charge >= 0.3 is 5.97 Å². The van der Waals surface area contributed by atoms with Gasteiger partial charge in [0.05, 0.1) is 29.8 Å². The summed E-state index contributed by atoms with van der Waals surface area (Å²) in [5.41, 5.74) is 4.80. The van der Waals surface area contributed by atoms with Gasteiger partial charge < -0.3 is 34.6 Å². The number of fused-ring (bicyclic) bond motifs is 6. The van der Waals surface area contributed by atoms with Gasteiger partial charge in [-0.25, -0.2) is 4.79 Å². The second-order valence-electron chi connectivity index (χ2n) is 18.7. The van der Waals surface area contributed by atoms with Crippen LogP contribution in [0.2, 0.25) is 0 Å². The van der Waals surface area contributed by atoms with Crippen molar-refractivity contribution in [1.29, 1.82) is 5.26 Å². The maximum atomic E-state index is 14.7. The smallest absolute Gasteiger partial charge is 0.355 e. The number of pyridine rings is 1. The molecule has 6 bridgehead atoms. The van der Waals surface area contributed by atoms with Crippen molar-refractivity contribution in [3.8, 4) is 34.2 Å². The van der Waals surface area contributed by atoms with Crippen molar-refractivity contribution in [2.75, 3.05) is 33.3 Å². The van der Waals surface area contributed by atoms with E-state index in [1.807, 2.05) is 61.7 Å². The number of likely N-dealkylation sites (tertiary alicyclic amines) is 1. The molecule has 0 spiro atoms. The Morgan fingerprint density at radius 2 is 1.86 bits per heavy atom. The number of aromatic nitrogens is 2. The number of amides is 4. The second-order valence-corrected chi connectivity index (χ2v) is 18.7. The lowest BCUT2D eigenvalue weighted by molar-refractivity contribution is -0.189. The fourth-order valence-electron chi connectivity index (χ4n) is 9.55. The number of phenols is 1. The number of hydrogen-bond acceptors (Lipinski definition) is 11. The Morgan fingerprint density at radius 1 is 1.09 bits per heavy atom. The van der Waals surface area contributed by atoms with Gasteiger partial charge in [-0.2, -0.15) is 10.7 Å². The number of ether oxygens (including phenoxy) is 1. The van der Waals surface area contributed by atoms with E-state index in [2.05, 4.69) is 28.4 Å². The monoisotopic (exact) mass is 886 g/mol. The van der Waals surface area contributed by atoms with Crippen molar-refractivity contribution in [2.24, 2.45) is 17.3 Å². The zero-order valence-corrected chi connectivity index (χ0v) is 37.8. The Kier molecular flexibility index (Phi) is 13.2. The van der Waals surface area contributed by atoms with Crippen LogP contribution >= 0.6 is 0 Å². The minimum absolute atomic E-state index is 0.0597. The Balaban J connectivity index is 1.32. The number of nitriles is 1. The zero-order chi connectivity index (χ0) is 47.0. The van der Waals surface area contributed by atoms with Gasteiger partial charge in [0.15, 0.2) is 0 Å². The molecule has 5 atom stereocenters. The molecule has 0 unspecified atom stereocenters. The van der Waals surface area contributed by atoms with Crippen molar-refractivity contribution < 1.29 is 38.9 Å². The number of carbonyl (C=O) groups excluding carboxylic acids is 5. The number of cyclic esters (lactones) is 1.